The molecule has 0 fully saturated rings. The Morgan fingerprint density at radius 2 is 1.42 bits per heavy atom. The minimum Gasteiger partial charge on any atom is -0.326 e. The van der Waals surface area contributed by atoms with Crippen LogP contribution in [-0.2, 0) is 0 Å². The standard InChI is InChI=1S/C24H17Br2FN4/c25-18-5-1-16(2-6-18)22-24(30-14-13-28-15-30)23(17-3-7-19(26)8-4-17)31(29-22)21-11-9-20(27)10-12-21/h1-15,23-24H/t23-,24+/m1/s1. The molecule has 2 heterocycles. The van der Waals surface area contributed by atoms with Gasteiger partial charge in [0.2, 0.25) is 0 Å². The summed E-state index contributed by atoms with van der Waals surface area (Å²) in [5, 5.41) is 7.03. The van der Waals surface area contributed by atoms with Gasteiger partial charge in [-0.1, -0.05) is 56.1 Å². The third-order valence-electron chi connectivity index (χ3n) is 5.35. The number of nitrogens with zero attached hydrogens (tertiary/aromatic N) is 4. The highest BCUT2D eigenvalue weighted by Crippen LogP contribution is 2.43. The summed E-state index contributed by atoms with van der Waals surface area (Å²) in [6, 6.07) is 22.6. The van der Waals surface area contributed by atoms with Crippen molar-refractivity contribution in [1.82, 2.24) is 9.55 Å². The van der Waals surface area contributed by atoms with Crippen LogP contribution in [0.1, 0.15) is 23.2 Å². The first kappa shape index (κ1) is 20.2. The number of hydrazone groups is 1. The molecule has 0 spiro atoms. The van der Waals surface area contributed by atoms with Crippen molar-refractivity contribution in [2.45, 2.75) is 12.1 Å². The number of benzene rings is 3. The van der Waals surface area contributed by atoms with Crippen molar-refractivity contribution in [2.24, 2.45) is 5.10 Å². The van der Waals surface area contributed by atoms with E-state index < -0.39 is 0 Å². The molecule has 3 aromatic carbocycles. The SMILES string of the molecule is Fc1ccc(N2N=C(c3ccc(Br)cc3)[C@H](n3ccnc3)[C@H]2c2ccc(Br)cc2)cc1. The number of rotatable bonds is 4. The van der Waals surface area contributed by atoms with Crippen LogP contribution >= 0.6 is 31.9 Å². The number of hydrogen-bond acceptors (Lipinski definition) is 3. The second-order valence-corrected chi connectivity index (χ2v) is 9.10. The maximum atomic E-state index is 13.6. The van der Waals surface area contributed by atoms with Gasteiger partial charge in [-0.15, -0.1) is 0 Å². The fourth-order valence-corrected chi connectivity index (χ4v) is 4.43. The first-order chi connectivity index (χ1) is 15.1. The molecule has 0 saturated heterocycles. The fourth-order valence-electron chi connectivity index (χ4n) is 3.90. The van der Waals surface area contributed by atoms with E-state index in [0.29, 0.717) is 0 Å². The molecule has 0 bridgehead atoms. The van der Waals surface area contributed by atoms with E-state index in [1.165, 1.54) is 12.1 Å². The van der Waals surface area contributed by atoms with Gasteiger partial charge in [-0.3, -0.25) is 5.01 Å². The fraction of sp³-hybridized carbons (Fsp3) is 0.0833. The van der Waals surface area contributed by atoms with Crippen molar-refractivity contribution < 1.29 is 4.39 Å². The topological polar surface area (TPSA) is 33.4 Å². The van der Waals surface area contributed by atoms with Crippen molar-refractivity contribution >= 4 is 43.3 Å². The highest BCUT2D eigenvalue weighted by atomic mass is 79.9. The summed E-state index contributed by atoms with van der Waals surface area (Å²) >= 11 is 7.04. The molecular formula is C24H17Br2FN4. The molecule has 1 aliphatic heterocycles. The van der Waals surface area contributed by atoms with Crippen molar-refractivity contribution in [3.05, 3.63) is 117 Å². The molecule has 7 heteroatoms. The van der Waals surface area contributed by atoms with Gasteiger partial charge in [0.1, 0.15) is 17.9 Å². The molecule has 0 saturated carbocycles. The molecule has 1 aromatic heterocycles. The molecule has 5 rings (SSSR count). The Hall–Kier alpha value is -2.77. The van der Waals surface area contributed by atoms with Crippen LogP contribution in [0.5, 0.6) is 0 Å². The second-order valence-electron chi connectivity index (χ2n) is 7.26. The Kier molecular flexibility index (Phi) is 5.46. The van der Waals surface area contributed by atoms with E-state index in [2.05, 4.69) is 65.7 Å². The molecular weight excluding hydrogens is 523 g/mol. The molecule has 0 aliphatic carbocycles. The van der Waals surface area contributed by atoms with Gasteiger partial charge in [0.25, 0.3) is 0 Å². The smallest absolute Gasteiger partial charge is 0.123 e. The van der Waals surface area contributed by atoms with Crippen molar-refractivity contribution in [2.75, 3.05) is 5.01 Å². The Morgan fingerprint density at radius 1 is 0.774 bits per heavy atom. The van der Waals surface area contributed by atoms with Crippen LogP contribution in [0.4, 0.5) is 10.1 Å². The molecule has 1 aliphatic rings. The van der Waals surface area contributed by atoms with Crippen LogP contribution in [0.2, 0.25) is 0 Å². The van der Waals surface area contributed by atoms with E-state index in [0.717, 1.165) is 31.5 Å². The predicted octanol–water partition coefficient (Wildman–Crippen LogP) is 6.75. The summed E-state index contributed by atoms with van der Waals surface area (Å²) < 4.78 is 17.7. The van der Waals surface area contributed by atoms with Gasteiger partial charge in [-0.2, -0.15) is 5.10 Å². The Balaban J connectivity index is 1.70. The molecule has 31 heavy (non-hydrogen) atoms. The average Bonchev–Trinajstić information content (AvgIpc) is 3.43. The minimum absolute atomic E-state index is 0.116. The van der Waals surface area contributed by atoms with Crippen molar-refractivity contribution in [1.29, 1.82) is 0 Å². The highest BCUT2D eigenvalue weighted by molar-refractivity contribution is 9.10. The summed E-state index contributed by atoms with van der Waals surface area (Å²) in [7, 11) is 0. The van der Waals surface area contributed by atoms with Gasteiger partial charge in [-0.25, -0.2) is 9.37 Å². The molecule has 4 aromatic rings. The second kappa shape index (κ2) is 8.40. The van der Waals surface area contributed by atoms with E-state index >= 15 is 0 Å². The molecule has 0 radical (unpaired) electrons. The number of anilines is 1. The average molecular weight is 540 g/mol. The number of aromatic nitrogens is 2. The first-order valence-electron chi connectivity index (χ1n) is 9.72. The zero-order chi connectivity index (χ0) is 21.4. The zero-order valence-corrected chi connectivity index (χ0v) is 19.4. The minimum atomic E-state index is -0.272. The third kappa shape index (κ3) is 3.95. The van der Waals surface area contributed by atoms with Crippen LogP contribution in [0, 0.1) is 5.82 Å². The summed E-state index contributed by atoms with van der Waals surface area (Å²) in [5.74, 6) is -0.272. The Bertz CT molecular complexity index is 1200. The van der Waals surface area contributed by atoms with Crippen LogP contribution in [0.3, 0.4) is 0 Å². The van der Waals surface area contributed by atoms with Crippen LogP contribution in [0.15, 0.2) is 106 Å². The summed E-state index contributed by atoms with van der Waals surface area (Å²) in [4.78, 5) is 4.29. The van der Waals surface area contributed by atoms with Crippen molar-refractivity contribution in [3.8, 4) is 0 Å². The van der Waals surface area contributed by atoms with Gasteiger partial charge < -0.3 is 4.57 Å². The van der Waals surface area contributed by atoms with Gasteiger partial charge in [0, 0.05) is 26.9 Å². The number of imidazole rings is 1. The summed E-state index contributed by atoms with van der Waals surface area (Å²) in [6.45, 7) is 0. The van der Waals surface area contributed by atoms with E-state index in [1.54, 1.807) is 18.3 Å². The lowest BCUT2D eigenvalue weighted by atomic mass is 9.92. The third-order valence-corrected chi connectivity index (χ3v) is 6.40. The lowest BCUT2D eigenvalue weighted by Gasteiger charge is -2.29. The van der Waals surface area contributed by atoms with Crippen LogP contribution in [0.25, 0.3) is 0 Å². The number of halogens is 3. The quantitative estimate of drug-likeness (QED) is 0.287. The normalized spacial score (nSPS) is 18.3. The van der Waals surface area contributed by atoms with Gasteiger partial charge >= 0.3 is 0 Å². The van der Waals surface area contributed by atoms with E-state index in [-0.39, 0.29) is 17.9 Å². The van der Waals surface area contributed by atoms with E-state index in [1.807, 2.05) is 41.8 Å². The zero-order valence-electron chi connectivity index (χ0n) is 16.2. The number of hydrogen-bond donors (Lipinski definition) is 0. The van der Waals surface area contributed by atoms with Gasteiger partial charge in [0.05, 0.1) is 17.7 Å². The molecule has 0 amide bonds. The molecule has 2 atom stereocenters. The molecule has 4 nitrogen and oxygen atoms in total. The largest absolute Gasteiger partial charge is 0.326 e. The highest BCUT2D eigenvalue weighted by Gasteiger charge is 2.40. The van der Waals surface area contributed by atoms with E-state index in [4.69, 9.17) is 5.10 Å². The van der Waals surface area contributed by atoms with Crippen LogP contribution < -0.4 is 5.01 Å². The summed E-state index contributed by atoms with van der Waals surface area (Å²) in [5.41, 5.74) is 3.87. The van der Waals surface area contributed by atoms with E-state index in [9.17, 15) is 4.39 Å². The van der Waals surface area contributed by atoms with Crippen molar-refractivity contribution in [3.63, 3.8) is 0 Å². The van der Waals surface area contributed by atoms with Gasteiger partial charge in [-0.05, 0) is 54.1 Å². The molecule has 154 valence electrons. The lowest BCUT2D eigenvalue weighted by Crippen LogP contribution is -2.28. The molecule has 0 unspecified atom stereocenters. The first-order valence-corrected chi connectivity index (χ1v) is 11.3. The molecule has 0 N–H and O–H groups in total. The lowest BCUT2D eigenvalue weighted by molar-refractivity contribution is 0.526. The Labute approximate surface area is 196 Å². The maximum absolute atomic E-state index is 13.6. The summed E-state index contributed by atoms with van der Waals surface area (Å²) in [6.07, 6.45) is 5.55. The Morgan fingerprint density at radius 3 is 2.03 bits per heavy atom. The predicted molar refractivity (Wildman–Crippen MR) is 128 cm³/mol. The van der Waals surface area contributed by atoms with Gasteiger partial charge in [0.15, 0.2) is 0 Å². The maximum Gasteiger partial charge on any atom is 0.123 e. The van der Waals surface area contributed by atoms with Crippen LogP contribution in [-0.4, -0.2) is 15.3 Å². The monoisotopic (exact) mass is 538 g/mol.